The second-order valence-corrected chi connectivity index (χ2v) is 4.89. The highest BCUT2D eigenvalue weighted by Crippen LogP contribution is 2.34. The molecule has 1 aliphatic rings. The Balaban J connectivity index is 2.03. The molecule has 0 aromatic heterocycles. The number of rotatable bonds is 4. The summed E-state index contributed by atoms with van der Waals surface area (Å²) in [5, 5.41) is 16.1. The summed E-state index contributed by atoms with van der Waals surface area (Å²) in [4.78, 5) is 11.5. The maximum absolute atomic E-state index is 11.5. The number of nitrogens with one attached hydrogen (secondary N) is 2. The van der Waals surface area contributed by atoms with Gasteiger partial charge in [-0.25, -0.2) is 4.79 Å². The van der Waals surface area contributed by atoms with Crippen molar-refractivity contribution in [3.63, 3.8) is 0 Å². The van der Waals surface area contributed by atoms with Crippen molar-refractivity contribution >= 4 is 6.03 Å². The number of aliphatic hydroxyl groups is 1. The van der Waals surface area contributed by atoms with E-state index in [2.05, 4.69) is 17.2 Å². The van der Waals surface area contributed by atoms with Crippen molar-refractivity contribution in [2.75, 3.05) is 13.1 Å². The van der Waals surface area contributed by atoms with Gasteiger partial charge in [-0.3, -0.25) is 0 Å². The van der Waals surface area contributed by atoms with Crippen LogP contribution in [-0.2, 0) is 12.0 Å². The standard InChI is InChI=1S/C15H20N2O2/c1-2-10-16-14(18)17-11-15(19)9-5-7-12-6-3-4-8-13(12)15/h2-4,6,8,19H,1,5,7,9-11H2,(H2,16,17,18). The smallest absolute Gasteiger partial charge is 0.315 e. The lowest BCUT2D eigenvalue weighted by atomic mass is 9.79. The molecule has 0 bridgehead atoms. The number of carbonyl (C=O) groups is 1. The van der Waals surface area contributed by atoms with E-state index in [1.165, 1.54) is 5.56 Å². The molecule has 1 aromatic carbocycles. The van der Waals surface area contributed by atoms with Crippen molar-refractivity contribution in [1.82, 2.24) is 10.6 Å². The fraction of sp³-hybridized carbons (Fsp3) is 0.400. The molecule has 0 fully saturated rings. The van der Waals surface area contributed by atoms with Gasteiger partial charge in [0.15, 0.2) is 0 Å². The summed E-state index contributed by atoms with van der Waals surface area (Å²) in [5.74, 6) is 0. The number of urea groups is 1. The molecular formula is C15H20N2O2. The first kappa shape index (κ1) is 13.6. The van der Waals surface area contributed by atoms with E-state index in [4.69, 9.17) is 0 Å². The predicted molar refractivity (Wildman–Crippen MR) is 74.9 cm³/mol. The van der Waals surface area contributed by atoms with Crippen LogP contribution in [0.4, 0.5) is 4.79 Å². The molecule has 0 saturated carbocycles. The van der Waals surface area contributed by atoms with Crippen LogP contribution >= 0.6 is 0 Å². The molecule has 0 radical (unpaired) electrons. The van der Waals surface area contributed by atoms with Crippen LogP contribution in [0.2, 0.25) is 0 Å². The molecule has 4 nitrogen and oxygen atoms in total. The lowest BCUT2D eigenvalue weighted by Gasteiger charge is -2.34. The number of benzene rings is 1. The summed E-state index contributed by atoms with van der Waals surface area (Å²) >= 11 is 0. The minimum atomic E-state index is -0.958. The number of aryl methyl sites for hydroxylation is 1. The first-order chi connectivity index (χ1) is 9.15. The van der Waals surface area contributed by atoms with Gasteiger partial charge in [-0.15, -0.1) is 6.58 Å². The van der Waals surface area contributed by atoms with E-state index in [-0.39, 0.29) is 12.6 Å². The van der Waals surface area contributed by atoms with Gasteiger partial charge < -0.3 is 15.7 Å². The molecule has 1 aromatic rings. The van der Waals surface area contributed by atoms with Gasteiger partial charge in [-0.05, 0) is 30.4 Å². The second kappa shape index (κ2) is 5.89. The molecular weight excluding hydrogens is 240 g/mol. The zero-order valence-electron chi connectivity index (χ0n) is 11.0. The van der Waals surface area contributed by atoms with E-state index in [1.54, 1.807) is 6.08 Å². The fourth-order valence-corrected chi connectivity index (χ4v) is 2.54. The summed E-state index contributed by atoms with van der Waals surface area (Å²) in [6, 6.07) is 7.60. The van der Waals surface area contributed by atoms with E-state index >= 15 is 0 Å². The van der Waals surface area contributed by atoms with Crippen LogP contribution in [0.3, 0.4) is 0 Å². The molecule has 0 spiro atoms. The van der Waals surface area contributed by atoms with Crippen molar-refractivity contribution in [2.24, 2.45) is 0 Å². The molecule has 0 heterocycles. The van der Waals surface area contributed by atoms with E-state index in [9.17, 15) is 9.90 Å². The van der Waals surface area contributed by atoms with Gasteiger partial charge in [0, 0.05) is 6.54 Å². The third-order valence-corrected chi connectivity index (χ3v) is 3.50. The molecule has 0 saturated heterocycles. The second-order valence-electron chi connectivity index (χ2n) is 4.89. The lowest BCUT2D eigenvalue weighted by molar-refractivity contribution is 0.0217. The van der Waals surface area contributed by atoms with Crippen molar-refractivity contribution in [3.05, 3.63) is 48.0 Å². The molecule has 4 heteroatoms. The van der Waals surface area contributed by atoms with Gasteiger partial charge in [-0.1, -0.05) is 30.3 Å². The molecule has 0 aliphatic heterocycles. The molecule has 2 amide bonds. The van der Waals surface area contributed by atoms with Crippen LogP contribution in [0.5, 0.6) is 0 Å². The zero-order chi connectivity index (χ0) is 13.7. The summed E-state index contributed by atoms with van der Waals surface area (Å²) in [6.45, 7) is 4.18. The highest BCUT2D eigenvalue weighted by molar-refractivity contribution is 5.74. The number of hydrogen-bond donors (Lipinski definition) is 3. The number of hydrogen-bond acceptors (Lipinski definition) is 2. The molecule has 1 atom stereocenters. The Morgan fingerprint density at radius 1 is 1.42 bits per heavy atom. The Morgan fingerprint density at radius 2 is 2.21 bits per heavy atom. The molecule has 2 rings (SSSR count). The topological polar surface area (TPSA) is 61.4 Å². The Morgan fingerprint density at radius 3 is 3.00 bits per heavy atom. The maximum Gasteiger partial charge on any atom is 0.315 e. The van der Waals surface area contributed by atoms with Gasteiger partial charge in [0.05, 0.1) is 6.54 Å². The van der Waals surface area contributed by atoms with Crippen molar-refractivity contribution in [2.45, 2.75) is 24.9 Å². The number of amides is 2. The third-order valence-electron chi connectivity index (χ3n) is 3.50. The average Bonchev–Trinajstić information content (AvgIpc) is 2.44. The molecule has 3 N–H and O–H groups in total. The molecule has 1 aliphatic carbocycles. The first-order valence-electron chi connectivity index (χ1n) is 6.59. The Kier molecular flexibility index (Phi) is 4.22. The van der Waals surface area contributed by atoms with E-state index in [0.717, 1.165) is 18.4 Å². The van der Waals surface area contributed by atoms with Gasteiger partial charge in [0.2, 0.25) is 0 Å². The summed E-state index contributed by atoms with van der Waals surface area (Å²) in [6.07, 6.45) is 4.21. The summed E-state index contributed by atoms with van der Waals surface area (Å²) in [7, 11) is 0. The van der Waals surface area contributed by atoms with Crippen LogP contribution < -0.4 is 10.6 Å². The van der Waals surface area contributed by atoms with Crippen molar-refractivity contribution < 1.29 is 9.90 Å². The molecule has 1 unspecified atom stereocenters. The normalized spacial score (nSPS) is 21.3. The average molecular weight is 260 g/mol. The van der Waals surface area contributed by atoms with Gasteiger partial charge >= 0.3 is 6.03 Å². The van der Waals surface area contributed by atoms with Crippen LogP contribution in [0.15, 0.2) is 36.9 Å². The highest BCUT2D eigenvalue weighted by atomic mass is 16.3. The number of carbonyl (C=O) groups excluding carboxylic acids is 1. The minimum absolute atomic E-state index is 0.229. The Bertz CT molecular complexity index is 473. The third kappa shape index (κ3) is 3.15. The van der Waals surface area contributed by atoms with Crippen LogP contribution in [-0.4, -0.2) is 24.2 Å². The highest BCUT2D eigenvalue weighted by Gasteiger charge is 2.34. The number of fused-ring (bicyclic) bond motifs is 1. The predicted octanol–water partition coefficient (Wildman–Crippen LogP) is 1.70. The van der Waals surface area contributed by atoms with Crippen molar-refractivity contribution in [1.29, 1.82) is 0 Å². The molecule has 102 valence electrons. The molecule has 19 heavy (non-hydrogen) atoms. The minimum Gasteiger partial charge on any atom is -0.383 e. The Labute approximate surface area is 113 Å². The van der Waals surface area contributed by atoms with Crippen LogP contribution in [0.25, 0.3) is 0 Å². The largest absolute Gasteiger partial charge is 0.383 e. The summed E-state index contributed by atoms with van der Waals surface area (Å²) in [5.41, 5.74) is 1.15. The monoisotopic (exact) mass is 260 g/mol. The lowest BCUT2D eigenvalue weighted by Crippen LogP contribution is -2.46. The van der Waals surface area contributed by atoms with E-state index in [1.807, 2.05) is 24.3 Å². The summed E-state index contributed by atoms with van der Waals surface area (Å²) < 4.78 is 0. The Hall–Kier alpha value is -1.81. The SMILES string of the molecule is C=CCNC(=O)NCC1(O)CCCc2ccccc21. The van der Waals surface area contributed by atoms with Crippen LogP contribution in [0.1, 0.15) is 24.0 Å². The van der Waals surface area contributed by atoms with Crippen LogP contribution in [0, 0.1) is 0 Å². The maximum atomic E-state index is 11.5. The fourth-order valence-electron chi connectivity index (χ4n) is 2.54. The zero-order valence-corrected chi connectivity index (χ0v) is 11.0. The van der Waals surface area contributed by atoms with Gasteiger partial charge in [-0.2, -0.15) is 0 Å². The van der Waals surface area contributed by atoms with Gasteiger partial charge in [0.1, 0.15) is 5.60 Å². The van der Waals surface area contributed by atoms with E-state index < -0.39 is 5.60 Å². The van der Waals surface area contributed by atoms with Crippen molar-refractivity contribution in [3.8, 4) is 0 Å². The quantitative estimate of drug-likeness (QED) is 0.722. The van der Waals surface area contributed by atoms with E-state index in [0.29, 0.717) is 13.0 Å². The van der Waals surface area contributed by atoms with Gasteiger partial charge in [0.25, 0.3) is 0 Å². The first-order valence-corrected chi connectivity index (χ1v) is 6.59.